The van der Waals surface area contributed by atoms with Gasteiger partial charge in [0.05, 0.1) is 17.3 Å². The number of anilines is 1. The van der Waals surface area contributed by atoms with Gasteiger partial charge in [-0.05, 0) is 38.1 Å². The second kappa shape index (κ2) is 10.4. The van der Waals surface area contributed by atoms with E-state index in [2.05, 4.69) is 10.3 Å². The van der Waals surface area contributed by atoms with Gasteiger partial charge in [0.1, 0.15) is 5.75 Å². The lowest BCUT2D eigenvalue weighted by molar-refractivity contribution is -0.142. The van der Waals surface area contributed by atoms with Gasteiger partial charge in [0.2, 0.25) is 0 Å². The first-order valence-electron chi connectivity index (χ1n) is 9.44. The Labute approximate surface area is 179 Å². The number of hydrogen-bond acceptors (Lipinski definition) is 6. The van der Waals surface area contributed by atoms with Crippen molar-refractivity contribution >= 4 is 35.0 Å². The highest BCUT2D eigenvalue weighted by Gasteiger charge is 2.08. The van der Waals surface area contributed by atoms with Crippen molar-refractivity contribution in [3.05, 3.63) is 70.6 Å². The first kappa shape index (κ1) is 21.3. The minimum absolute atomic E-state index is 0.379. The summed E-state index contributed by atoms with van der Waals surface area (Å²) in [5.41, 5.74) is 3.14. The van der Waals surface area contributed by atoms with E-state index in [1.807, 2.05) is 61.7 Å². The quantitative estimate of drug-likeness (QED) is 0.420. The average Bonchev–Trinajstić information content (AvgIpc) is 3.18. The van der Waals surface area contributed by atoms with Crippen molar-refractivity contribution in [2.45, 2.75) is 13.8 Å². The largest absolute Gasteiger partial charge is 0.493 e. The lowest BCUT2D eigenvalue weighted by Crippen LogP contribution is -2.20. The van der Waals surface area contributed by atoms with Crippen LogP contribution in [0.5, 0.6) is 5.75 Å². The summed E-state index contributed by atoms with van der Waals surface area (Å²) < 4.78 is 10.5. The van der Waals surface area contributed by atoms with Crippen LogP contribution >= 0.6 is 11.3 Å². The number of amides is 1. The molecule has 1 aromatic heterocycles. The zero-order chi connectivity index (χ0) is 21.3. The van der Waals surface area contributed by atoms with E-state index in [1.165, 1.54) is 6.08 Å². The number of benzene rings is 2. The number of carbonyl (C=O) groups excluding carboxylic acids is 2. The first-order chi connectivity index (χ1) is 14.5. The highest BCUT2D eigenvalue weighted by Crippen LogP contribution is 2.24. The summed E-state index contributed by atoms with van der Waals surface area (Å²) in [6, 6.07) is 14.7. The molecule has 3 rings (SSSR count). The zero-order valence-corrected chi connectivity index (χ0v) is 17.6. The van der Waals surface area contributed by atoms with Crippen molar-refractivity contribution < 1.29 is 19.1 Å². The SMILES string of the molecule is CCOc1ccccc1/C=C/C(=O)OCC(=O)Nc1cccc(-c2csc(C)n2)c1. The molecular formula is C23H22N2O4S. The molecule has 7 heteroatoms. The van der Waals surface area contributed by atoms with Gasteiger partial charge < -0.3 is 14.8 Å². The number of nitrogens with one attached hydrogen (secondary N) is 1. The molecule has 0 fully saturated rings. The number of thiazole rings is 1. The maximum Gasteiger partial charge on any atom is 0.331 e. The highest BCUT2D eigenvalue weighted by atomic mass is 32.1. The van der Waals surface area contributed by atoms with Crippen LogP contribution < -0.4 is 10.1 Å². The third kappa shape index (κ3) is 6.02. The Morgan fingerprint density at radius 1 is 1.17 bits per heavy atom. The minimum atomic E-state index is -0.608. The van der Waals surface area contributed by atoms with E-state index >= 15 is 0 Å². The van der Waals surface area contributed by atoms with E-state index in [0.717, 1.165) is 21.8 Å². The van der Waals surface area contributed by atoms with Crippen molar-refractivity contribution in [1.29, 1.82) is 0 Å². The third-order valence-electron chi connectivity index (χ3n) is 4.02. The smallest absolute Gasteiger partial charge is 0.331 e. The highest BCUT2D eigenvalue weighted by molar-refractivity contribution is 7.09. The predicted octanol–water partition coefficient (Wildman–Crippen LogP) is 4.71. The van der Waals surface area contributed by atoms with Crippen LogP contribution in [-0.2, 0) is 14.3 Å². The van der Waals surface area contributed by atoms with E-state index in [-0.39, 0.29) is 6.61 Å². The molecule has 154 valence electrons. The Balaban J connectivity index is 1.53. The van der Waals surface area contributed by atoms with Gasteiger partial charge in [-0.3, -0.25) is 4.79 Å². The molecule has 6 nitrogen and oxygen atoms in total. The fraction of sp³-hybridized carbons (Fsp3) is 0.174. The molecular weight excluding hydrogens is 400 g/mol. The van der Waals surface area contributed by atoms with Gasteiger partial charge in [-0.25, -0.2) is 9.78 Å². The van der Waals surface area contributed by atoms with Crippen molar-refractivity contribution in [1.82, 2.24) is 4.98 Å². The zero-order valence-electron chi connectivity index (χ0n) is 16.8. The topological polar surface area (TPSA) is 77.5 Å². The number of ether oxygens (including phenoxy) is 2. The van der Waals surface area contributed by atoms with Gasteiger partial charge in [-0.2, -0.15) is 0 Å². The van der Waals surface area contributed by atoms with E-state index in [4.69, 9.17) is 9.47 Å². The average molecular weight is 423 g/mol. The number of nitrogens with zero attached hydrogens (tertiary/aromatic N) is 1. The van der Waals surface area contributed by atoms with Crippen LogP contribution in [0.4, 0.5) is 5.69 Å². The summed E-state index contributed by atoms with van der Waals surface area (Å²) >= 11 is 1.57. The fourth-order valence-corrected chi connectivity index (χ4v) is 3.32. The number of aryl methyl sites for hydroxylation is 1. The van der Waals surface area contributed by atoms with Gasteiger partial charge in [0.25, 0.3) is 5.91 Å². The number of rotatable bonds is 8. The molecule has 30 heavy (non-hydrogen) atoms. The lowest BCUT2D eigenvalue weighted by Gasteiger charge is -2.07. The molecule has 0 unspecified atom stereocenters. The van der Waals surface area contributed by atoms with Crippen LogP contribution in [0.25, 0.3) is 17.3 Å². The number of aromatic nitrogens is 1. The van der Waals surface area contributed by atoms with Gasteiger partial charge >= 0.3 is 5.97 Å². The first-order valence-corrected chi connectivity index (χ1v) is 10.3. The molecule has 1 amide bonds. The lowest BCUT2D eigenvalue weighted by atomic mass is 10.1. The van der Waals surface area contributed by atoms with Crippen LogP contribution in [-0.4, -0.2) is 30.1 Å². The summed E-state index contributed by atoms with van der Waals surface area (Å²) in [5.74, 6) is -0.349. The molecule has 0 bridgehead atoms. The van der Waals surface area contributed by atoms with Crippen molar-refractivity contribution in [3.63, 3.8) is 0 Å². The Kier molecular flexibility index (Phi) is 7.34. The standard InChI is InChI=1S/C23H22N2O4S/c1-3-28-21-10-5-4-7-17(21)11-12-23(27)29-14-22(26)25-19-9-6-8-18(13-19)20-15-30-16(2)24-20/h4-13,15H,3,14H2,1-2H3,(H,25,26)/b12-11+. The van der Waals surface area contributed by atoms with E-state index in [1.54, 1.807) is 23.5 Å². The molecule has 0 aliphatic rings. The Bertz CT molecular complexity index is 1060. The van der Waals surface area contributed by atoms with E-state index < -0.39 is 11.9 Å². The van der Waals surface area contributed by atoms with Crippen molar-refractivity contribution in [2.75, 3.05) is 18.5 Å². The molecule has 2 aromatic carbocycles. The number of esters is 1. The monoisotopic (exact) mass is 422 g/mol. The van der Waals surface area contributed by atoms with Gasteiger partial charge in [0.15, 0.2) is 6.61 Å². The van der Waals surface area contributed by atoms with Gasteiger partial charge in [-0.1, -0.05) is 30.3 Å². The summed E-state index contributed by atoms with van der Waals surface area (Å²) in [7, 11) is 0. The molecule has 0 aliphatic heterocycles. The molecule has 0 atom stereocenters. The van der Waals surface area contributed by atoms with Gasteiger partial charge in [0, 0.05) is 28.3 Å². The summed E-state index contributed by atoms with van der Waals surface area (Å²) in [6.07, 6.45) is 2.88. The molecule has 1 heterocycles. The maximum absolute atomic E-state index is 12.1. The summed E-state index contributed by atoms with van der Waals surface area (Å²) in [4.78, 5) is 28.5. The molecule has 0 saturated heterocycles. The van der Waals surface area contributed by atoms with Crippen LogP contribution in [0.15, 0.2) is 60.0 Å². The maximum atomic E-state index is 12.1. The van der Waals surface area contributed by atoms with E-state index in [9.17, 15) is 9.59 Å². The number of para-hydroxylation sites is 1. The van der Waals surface area contributed by atoms with Crippen LogP contribution in [0.1, 0.15) is 17.5 Å². The van der Waals surface area contributed by atoms with Crippen LogP contribution in [0.3, 0.4) is 0 Å². The number of carbonyl (C=O) groups is 2. The van der Waals surface area contributed by atoms with Crippen molar-refractivity contribution in [3.8, 4) is 17.0 Å². The van der Waals surface area contributed by atoms with Crippen LogP contribution in [0, 0.1) is 6.92 Å². The van der Waals surface area contributed by atoms with Crippen molar-refractivity contribution in [2.24, 2.45) is 0 Å². The molecule has 1 N–H and O–H groups in total. The summed E-state index contributed by atoms with van der Waals surface area (Å²) in [5, 5.41) is 5.67. The molecule has 0 saturated carbocycles. The van der Waals surface area contributed by atoms with E-state index in [0.29, 0.717) is 18.0 Å². The fourth-order valence-electron chi connectivity index (χ4n) is 2.70. The molecule has 3 aromatic rings. The second-order valence-electron chi connectivity index (χ2n) is 6.29. The molecule has 0 radical (unpaired) electrons. The Hall–Kier alpha value is -3.45. The Morgan fingerprint density at radius 3 is 2.77 bits per heavy atom. The predicted molar refractivity (Wildman–Crippen MR) is 119 cm³/mol. The third-order valence-corrected chi connectivity index (χ3v) is 4.80. The second-order valence-corrected chi connectivity index (χ2v) is 7.35. The van der Waals surface area contributed by atoms with Gasteiger partial charge in [-0.15, -0.1) is 11.3 Å². The molecule has 0 spiro atoms. The summed E-state index contributed by atoms with van der Waals surface area (Å²) in [6.45, 7) is 3.98. The Morgan fingerprint density at radius 2 is 2.00 bits per heavy atom. The van der Waals surface area contributed by atoms with Crippen LogP contribution in [0.2, 0.25) is 0 Å². The normalized spacial score (nSPS) is 10.7. The number of hydrogen-bond donors (Lipinski definition) is 1. The minimum Gasteiger partial charge on any atom is -0.493 e. The molecule has 0 aliphatic carbocycles.